The summed E-state index contributed by atoms with van der Waals surface area (Å²) in [4.78, 5) is 41.5. The third-order valence-corrected chi connectivity index (χ3v) is 8.05. The zero-order valence-electron chi connectivity index (χ0n) is 25.3. The minimum Gasteiger partial charge on any atom is -0.444 e. The van der Waals surface area contributed by atoms with Crippen LogP contribution in [0.15, 0.2) is 48.9 Å². The van der Waals surface area contributed by atoms with Crippen molar-refractivity contribution in [2.75, 3.05) is 41.9 Å². The Morgan fingerprint density at radius 3 is 2.40 bits per heavy atom. The molecule has 1 atom stereocenters. The number of aromatic nitrogens is 3. The first kappa shape index (κ1) is 32.0. The maximum absolute atomic E-state index is 15.6. The molecule has 1 aliphatic rings. The van der Waals surface area contributed by atoms with Crippen molar-refractivity contribution >= 4 is 45.7 Å². The minimum absolute atomic E-state index is 0.00565. The molecule has 45 heavy (non-hydrogen) atoms. The molecule has 5 rings (SSSR count). The number of carbonyl (C=O) groups is 2. The Hall–Kier alpha value is -4.43. The van der Waals surface area contributed by atoms with Gasteiger partial charge in [0.05, 0.1) is 11.3 Å². The fourth-order valence-corrected chi connectivity index (χ4v) is 5.75. The third-order valence-electron chi connectivity index (χ3n) is 7.29. The highest BCUT2D eigenvalue weighted by atomic mass is 32.2. The number of nitrogens with zero attached hydrogens (tertiary/aromatic N) is 5. The quantitative estimate of drug-likeness (QED) is 0.190. The highest BCUT2D eigenvalue weighted by Crippen LogP contribution is 2.31. The molecular weight excluding hydrogens is 606 g/mol. The summed E-state index contributed by atoms with van der Waals surface area (Å²) in [6.45, 7) is 9.44. The van der Waals surface area contributed by atoms with Crippen molar-refractivity contribution in [2.45, 2.75) is 39.7 Å². The molecule has 0 saturated carbocycles. The monoisotopic (exact) mass is 640 g/mol. The van der Waals surface area contributed by atoms with Gasteiger partial charge in [-0.1, -0.05) is 6.92 Å². The zero-order chi connectivity index (χ0) is 32.5. The number of nitrogens with one attached hydrogen (secondary N) is 1. The lowest BCUT2D eigenvalue weighted by Crippen LogP contribution is -2.50. The predicted octanol–water partition coefficient (Wildman–Crippen LogP) is 5.54. The Bertz CT molecular complexity index is 1750. The number of fused-ring (bicyclic) bond motifs is 1. The molecule has 1 aromatic carbocycles. The summed E-state index contributed by atoms with van der Waals surface area (Å²) < 4.78 is 58.3. The van der Waals surface area contributed by atoms with Crippen LogP contribution in [0.25, 0.3) is 22.2 Å². The van der Waals surface area contributed by atoms with E-state index in [9.17, 15) is 22.7 Å². The lowest BCUT2D eigenvalue weighted by molar-refractivity contribution is 0.0240. The van der Waals surface area contributed by atoms with Crippen LogP contribution in [0.4, 0.5) is 25.1 Å². The van der Waals surface area contributed by atoms with Crippen LogP contribution in [0, 0.1) is 11.6 Å². The lowest BCUT2D eigenvalue weighted by atomic mass is 10.00. The summed E-state index contributed by atoms with van der Waals surface area (Å²) in [6, 6.07) is 7.35. The van der Waals surface area contributed by atoms with Gasteiger partial charge < -0.3 is 19.5 Å². The summed E-state index contributed by atoms with van der Waals surface area (Å²) in [5.41, 5.74) is -0.0649. The molecule has 2 N–H and O–H groups in total. The Morgan fingerprint density at radius 2 is 1.78 bits per heavy atom. The molecule has 11 nitrogen and oxygen atoms in total. The number of hydrogen-bond acceptors (Lipinski definition) is 7. The largest absolute Gasteiger partial charge is 0.444 e. The number of anilines is 2. The number of benzene rings is 1. The van der Waals surface area contributed by atoms with Crippen molar-refractivity contribution in [3.05, 3.63) is 71.7 Å². The van der Waals surface area contributed by atoms with Gasteiger partial charge >= 0.3 is 6.09 Å². The van der Waals surface area contributed by atoms with Gasteiger partial charge in [0, 0.05) is 73.4 Å². The van der Waals surface area contributed by atoms with Crippen LogP contribution < -0.4 is 9.21 Å². The van der Waals surface area contributed by atoms with E-state index in [1.54, 1.807) is 30.3 Å². The van der Waals surface area contributed by atoms with Crippen LogP contribution in [0.3, 0.4) is 0 Å². The molecule has 3 aromatic heterocycles. The zero-order valence-corrected chi connectivity index (χ0v) is 26.2. The smallest absolute Gasteiger partial charge is 0.410 e. The first-order valence-electron chi connectivity index (χ1n) is 14.5. The number of piperazine rings is 1. The molecule has 0 bridgehead atoms. The number of ether oxygens (including phenoxy) is 1. The van der Waals surface area contributed by atoms with E-state index in [2.05, 4.69) is 19.9 Å². The molecule has 4 aromatic rings. The average molecular weight is 641 g/mol. The molecule has 1 saturated heterocycles. The summed E-state index contributed by atoms with van der Waals surface area (Å²) in [5.74, 6) is -2.51. The fraction of sp³-hybridized carbons (Fsp3) is 0.355. The van der Waals surface area contributed by atoms with E-state index < -0.39 is 39.8 Å². The van der Waals surface area contributed by atoms with E-state index in [0.29, 0.717) is 54.8 Å². The first-order chi connectivity index (χ1) is 21.4. The van der Waals surface area contributed by atoms with Gasteiger partial charge in [-0.15, -0.1) is 0 Å². The van der Waals surface area contributed by atoms with Gasteiger partial charge in [0.2, 0.25) is 5.78 Å². The van der Waals surface area contributed by atoms with Crippen molar-refractivity contribution in [1.29, 1.82) is 0 Å². The molecule has 1 amide bonds. The van der Waals surface area contributed by atoms with Crippen LogP contribution in [-0.4, -0.2) is 78.8 Å². The van der Waals surface area contributed by atoms with Crippen molar-refractivity contribution in [2.24, 2.45) is 0 Å². The maximum atomic E-state index is 15.6. The highest BCUT2D eigenvalue weighted by molar-refractivity contribution is 7.80. The molecular formula is C31H34F2N6O5S. The maximum Gasteiger partial charge on any atom is 0.410 e. The molecule has 0 aliphatic carbocycles. The Kier molecular flexibility index (Phi) is 9.16. The third kappa shape index (κ3) is 6.81. The Morgan fingerprint density at radius 1 is 1.07 bits per heavy atom. The second-order valence-electron chi connectivity index (χ2n) is 11.6. The molecule has 1 aliphatic heterocycles. The van der Waals surface area contributed by atoms with E-state index >= 15 is 4.39 Å². The van der Waals surface area contributed by atoms with Crippen LogP contribution >= 0.6 is 0 Å². The average Bonchev–Trinajstić information content (AvgIpc) is 3.43. The van der Waals surface area contributed by atoms with Crippen molar-refractivity contribution in [1.82, 2.24) is 19.9 Å². The van der Waals surface area contributed by atoms with Crippen molar-refractivity contribution in [3.8, 4) is 11.1 Å². The molecule has 4 heterocycles. The van der Waals surface area contributed by atoms with Crippen LogP contribution in [0.5, 0.6) is 0 Å². The number of ketones is 1. The lowest BCUT2D eigenvalue weighted by Gasteiger charge is -2.36. The summed E-state index contributed by atoms with van der Waals surface area (Å²) in [7, 11) is 0. The number of rotatable bonds is 8. The molecule has 1 unspecified atom stereocenters. The van der Waals surface area contributed by atoms with Gasteiger partial charge in [-0.25, -0.2) is 27.8 Å². The van der Waals surface area contributed by atoms with Crippen molar-refractivity contribution < 1.29 is 31.9 Å². The minimum atomic E-state index is -2.57. The van der Waals surface area contributed by atoms with Crippen LogP contribution in [0.1, 0.15) is 50.0 Å². The number of pyridine rings is 2. The van der Waals surface area contributed by atoms with E-state index in [1.807, 2.05) is 32.9 Å². The summed E-state index contributed by atoms with van der Waals surface area (Å²) in [6.07, 6.45) is 4.69. The van der Waals surface area contributed by atoms with E-state index in [1.165, 1.54) is 6.20 Å². The van der Waals surface area contributed by atoms with Crippen molar-refractivity contribution in [3.63, 3.8) is 0 Å². The predicted molar refractivity (Wildman–Crippen MR) is 168 cm³/mol. The molecule has 0 radical (unpaired) electrons. The number of carbonyl (C=O) groups excluding carboxylic acids is 2. The second-order valence-corrected chi connectivity index (χ2v) is 12.5. The number of H-pyrrole nitrogens is 1. The first-order valence-corrected chi connectivity index (χ1v) is 15.5. The second kappa shape index (κ2) is 12.9. The van der Waals surface area contributed by atoms with Gasteiger partial charge in [-0.3, -0.25) is 13.7 Å². The fourth-order valence-electron chi connectivity index (χ4n) is 5.10. The topological polar surface area (TPSA) is 132 Å². The SMILES string of the molecule is CCCN(c1ccc(F)c(C(=O)c2c[nH]c3ncc(-c4ccc(N5CCN(C(=O)OC(C)(C)C)CC5)nc4)cc23)c1F)S(=O)O. The standard InChI is InChI=1S/C31H34F2N6O5S/c1-5-10-39(45(42)43)24-8-7-23(32)26(27(24)33)28(40)22-18-36-29-21(22)15-20(17-35-29)19-6-9-25(34-16-19)37-11-13-38(14-12-37)30(41)44-31(2,3)4/h6-9,15-18H,5,10-14H2,1-4H3,(H,35,36)(H,42,43). The van der Waals surface area contributed by atoms with Gasteiger partial charge in [-0.05, 0) is 57.5 Å². The molecule has 238 valence electrons. The van der Waals surface area contributed by atoms with Crippen LogP contribution in [-0.2, 0) is 16.0 Å². The highest BCUT2D eigenvalue weighted by Gasteiger charge is 2.28. The van der Waals surface area contributed by atoms with E-state index in [0.717, 1.165) is 22.3 Å². The number of aromatic amines is 1. The molecule has 14 heteroatoms. The Balaban J connectivity index is 1.37. The normalized spacial score (nSPS) is 14.5. The number of amides is 1. The summed E-state index contributed by atoms with van der Waals surface area (Å²) >= 11 is -2.57. The van der Waals surface area contributed by atoms with E-state index in [4.69, 9.17) is 4.74 Å². The number of halogens is 2. The molecule has 1 fully saturated rings. The Labute approximate surface area is 261 Å². The van der Waals surface area contributed by atoms with Gasteiger partial charge in [0.15, 0.2) is 5.82 Å². The van der Waals surface area contributed by atoms with Gasteiger partial charge in [0.25, 0.3) is 11.3 Å². The van der Waals surface area contributed by atoms with Gasteiger partial charge in [0.1, 0.15) is 22.9 Å². The molecule has 0 spiro atoms. The van der Waals surface area contributed by atoms with Gasteiger partial charge in [-0.2, -0.15) is 0 Å². The van der Waals surface area contributed by atoms with E-state index in [-0.39, 0.29) is 23.9 Å². The number of hydrogen-bond donors (Lipinski definition) is 2. The summed E-state index contributed by atoms with van der Waals surface area (Å²) in [5, 5.41) is 0.347. The van der Waals surface area contributed by atoms with Crippen LogP contribution in [0.2, 0.25) is 0 Å².